The zero-order valence-corrected chi connectivity index (χ0v) is 64.1. The molecule has 17 nitrogen and oxygen atoms in total. The standard InChI is InChI=1S/C77H150O17P2/c1-5-9-13-17-20-23-26-28-30-32-34-36-38-40-42-45-47-50-54-58-62-75(80)88-68-73(94-77(82)64-60-56-52-49-46-43-41-39-37-35-33-31-29-27-24-21-18-14-10-6-2)70-92-96(85,86)90-66-71(78)65-89-95(83,84)91-69-72(67-87-74(79)61-57-53-16-12-8-4)93-76(81)63-59-55-51-48-44-25-22-19-15-11-7-3/h71-73,78H,5-70H2,1-4H3,(H,83,84)(H,85,86)/t71-,72+,73+/m0/s1. The first-order valence-electron chi connectivity index (χ1n) is 40.3. The van der Waals surface area contributed by atoms with Crippen molar-refractivity contribution in [3.63, 3.8) is 0 Å². The summed E-state index contributed by atoms with van der Waals surface area (Å²) < 4.78 is 68.3. The molecule has 96 heavy (non-hydrogen) atoms. The van der Waals surface area contributed by atoms with Crippen LogP contribution in [-0.2, 0) is 65.4 Å². The molecule has 2 unspecified atom stereocenters. The second-order valence-electron chi connectivity index (χ2n) is 27.7. The van der Waals surface area contributed by atoms with Crippen LogP contribution in [0.15, 0.2) is 0 Å². The minimum absolute atomic E-state index is 0.107. The van der Waals surface area contributed by atoms with Gasteiger partial charge in [0.25, 0.3) is 0 Å². The normalized spacial score (nSPS) is 13.9. The van der Waals surface area contributed by atoms with E-state index in [-0.39, 0.29) is 25.7 Å². The van der Waals surface area contributed by atoms with Crippen molar-refractivity contribution in [1.29, 1.82) is 0 Å². The summed E-state index contributed by atoms with van der Waals surface area (Å²) in [4.78, 5) is 72.5. The summed E-state index contributed by atoms with van der Waals surface area (Å²) in [7, 11) is -9.90. The predicted octanol–water partition coefficient (Wildman–Crippen LogP) is 23.0. The second kappa shape index (κ2) is 71.5. The summed E-state index contributed by atoms with van der Waals surface area (Å²) in [5, 5.41) is 10.6. The van der Waals surface area contributed by atoms with E-state index in [1.54, 1.807) is 0 Å². The lowest BCUT2D eigenvalue weighted by Gasteiger charge is -2.21. The highest BCUT2D eigenvalue weighted by atomic mass is 31.2. The average Bonchev–Trinajstić information content (AvgIpc) is 1.41. The van der Waals surface area contributed by atoms with Crippen molar-refractivity contribution in [2.75, 3.05) is 39.6 Å². The van der Waals surface area contributed by atoms with E-state index in [9.17, 15) is 43.2 Å². The van der Waals surface area contributed by atoms with Gasteiger partial charge in [0, 0.05) is 25.7 Å². The number of carbonyl (C=O) groups is 4. The molecule has 570 valence electrons. The lowest BCUT2D eigenvalue weighted by Crippen LogP contribution is -2.30. The van der Waals surface area contributed by atoms with Gasteiger partial charge in [-0.2, -0.15) is 0 Å². The Kier molecular flexibility index (Phi) is 70.0. The third-order valence-corrected chi connectivity index (χ3v) is 20.0. The molecule has 19 heteroatoms. The van der Waals surface area contributed by atoms with Gasteiger partial charge < -0.3 is 33.8 Å². The smallest absolute Gasteiger partial charge is 0.462 e. The fourth-order valence-corrected chi connectivity index (χ4v) is 13.5. The number of hydrogen-bond donors (Lipinski definition) is 3. The highest BCUT2D eigenvalue weighted by molar-refractivity contribution is 7.47. The van der Waals surface area contributed by atoms with Crippen molar-refractivity contribution in [2.45, 2.75) is 431 Å². The molecule has 3 N–H and O–H groups in total. The number of esters is 4. The summed E-state index contributed by atoms with van der Waals surface area (Å²) in [6.45, 7) is 4.90. The van der Waals surface area contributed by atoms with Gasteiger partial charge in [0.15, 0.2) is 12.2 Å². The van der Waals surface area contributed by atoms with Gasteiger partial charge in [0.05, 0.1) is 26.4 Å². The van der Waals surface area contributed by atoms with Crippen LogP contribution in [0.2, 0.25) is 0 Å². The van der Waals surface area contributed by atoms with Crippen LogP contribution in [0.5, 0.6) is 0 Å². The van der Waals surface area contributed by atoms with E-state index >= 15 is 0 Å². The summed E-state index contributed by atoms with van der Waals surface area (Å²) in [6, 6.07) is 0. The highest BCUT2D eigenvalue weighted by Gasteiger charge is 2.30. The fraction of sp³-hybridized carbons (Fsp3) is 0.948. The van der Waals surface area contributed by atoms with E-state index in [4.69, 9.17) is 37.0 Å². The molecule has 0 spiro atoms. The first-order valence-corrected chi connectivity index (χ1v) is 43.3. The molecular formula is C77H150O17P2. The number of unbranched alkanes of at least 4 members (excludes halogenated alkanes) is 52. The Bertz CT molecular complexity index is 1830. The van der Waals surface area contributed by atoms with Gasteiger partial charge >= 0.3 is 39.5 Å². The zero-order chi connectivity index (χ0) is 70.4. The molecule has 0 radical (unpaired) electrons. The number of carbonyl (C=O) groups excluding carboxylic acids is 4. The Hall–Kier alpha value is -1.94. The van der Waals surface area contributed by atoms with E-state index < -0.39 is 97.5 Å². The van der Waals surface area contributed by atoms with Crippen LogP contribution >= 0.6 is 15.6 Å². The van der Waals surface area contributed by atoms with E-state index in [0.717, 1.165) is 96.3 Å². The van der Waals surface area contributed by atoms with Crippen LogP contribution in [0.25, 0.3) is 0 Å². The minimum Gasteiger partial charge on any atom is -0.462 e. The third kappa shape index (κ3) is 70.5. The number of aliphatic hydroxyl groups excluding tert-OH is 1. The molecule has 0 heterocycles. The number of hydrogen-bond acceptors (Lipinski definition) is 15. The molecule has 0 amide bonds. The molecule has 0 rings (SSSR count). The van der Waals surface area contributed by atoms with Crippen molar-refractivity contribution >= 4 is 39.5 Å². The molecule has 0 aromatic carbocycles. The highest BCUT2D eigenvalue weighted by Crippen LogP contribution is 2.45. The van der Waals surface area contributed by atoms with E-state index in [0.29, 0.717) is 25.7 Å². The number of aliphatic hydroxyl groups is 1. The number of rotatable bonds is 78. The molecular weight excluding hydrogens is 1260 g/mol. The molecule has 0 aliphatic carbocycles. The Labute approximate surface area is 588 Å². The summed E-state index contributed by atoms with van der Waals surface area (Å²) in [5.41, 5.74) is 0. The molecule has 0 aliphatic rings. The second-order valence-corrected chi connectivity index (χ2v) is 30.7. The Morgan fingerprint density at radius 1 is 0.250 bits per heavy atom. The van der Waals surface area contributed by atoms with Gasteiger partial charge in [-0.15, -0.1) is 0 Å². The third-order valence-electron chi connectivity index (χ3n) is 18.1. The Morgan fingerprint density at radius 2 is 0.417 bits per heavy atom. The van der Waals surface area contributed by atoms with E-state index in [1.807, 2.05) is 0 Å². The van der Waals surface area contributed by atoms with Crippen molar-refractivity contribution in [3.05, 3.63) is 0 Å². The molecule has 0 bridgehead atoms. The maximum atomic E-state index is 13.1. The van der Waals surface area contributed by atoms with Gasteiger partial charge in [0.1, 0.15) is 19.3 Å². The van der Waals surface area contributed by atoms with Crippen molar-refractivity contribution in [2.24, 2.45) is 0 Å². The van der Waals surface area contributed by atoms with Gasteiger partial charge in [-0.25, -0.2) is 9.13 Å². The van der Waals surface area contributed by atoms with Crippen LogP contribution in [0.4, 0.5) is 0 Å². The van der Waals surface area contributed by atoms with Crippen LogP contribution in [0.1, 0.15) is 413 Å². The van der Waals surface area contributed by atoms with Crippen LogP contribution in [0.3, 0.4) is 0 Å². The molecule has 5 atom stereocenters. The first kappa shape index (κ1) is 94.1. The number of ether oxygens (including phenoxy) is 4. The topological polar surface area (TPSA) is 237 Å². The van der Waals surface area contributed by atoms with Gasteiger partial charge in [0.2, 0.25) is 0 Å². The summed E-state index contributed by atoms with van der Waals surface area (Å²) in [6.07, 6.45) is 63.0. The lowest BCUT2D eigenvalue weighted by atomic mass is 10.0. The average molecular weight is 1410 g/mol. The lowest BCUT2D eigenvalue weighted by molar-refractivity contribution is -0.161. The maximum absolute atomic E-state index is 13.1. The van der Waals surface area contributed by atoms with E-state index in [2.05, 4.69) is 27.7 Å². The molecule has 0 saturated carbocycles. The quantitative estimate of drug-likeness (QED) is 0.0222. The molecule has 0 fully saturated rings. The van der Waals surface area contributed by atoms with Gasteiger partial charge in [-0.1, -0.05) is 362 Å². The summed E-state index contributed by atoms with van der Waals surface area (Å²) >= 11 is 0. The van der Waals surface area contributed by atoms with Crippen LogP contribution in [-0.4, -0.2) is 96.7 Å². The molecule has 0 aromatic heterocycles. The molecule has 0 saturated heterocycles. The van der Waals surface area contributed by atoms with Crippen molar-refractivity contribution in [1.82, 2.24) is 0 Å². The van der Waals surface area contributed by atoms with Crippen LogP contribution < -0.4 is 0 Å². The zero-order valence-electron chi connectivity index (χ0n) is 62.4. The van der Waals surface area contributed by atoms with E-state index in [1.165, 1.54) is 238 Å². The van der Waals surface area contributed by atoms with Gasteiger partial charge in [-0.3, -0.25) is 37.3 Å². The SMILES string of the molecule is CCCCCCCCCCCCCCCCCCCCCCC(=O)OC[C@H](COP(=O)(O)OC[C@@H](O)COP(=O)(O)OC[C@@H](COC(=O)CCCCCCC)OC(=O)CCCCCCCCCCCCC)OC(=O)CCCCCCCCCCCCCCCCCCCCCC. The summed E-state index contributed by atoms with van der Waals surface area (Å²) in [5.74, 6) is -2.12. The first-order chi connectivity index (χ1) is 46.7. The van der Waals surface area contributed by atoms with Crippen LogP contribution in [0, 0.1) is 0 Å². The number of phosphoric acid groups is 2. The Balaban J connectivity index is 5.10. The predicted molar refractivity (Wildman–Crippen MR) is 391 cm³/mol. The van der Waals surface area contributed by atoms with Crippen molar-refractivity contribution in [3.8, 4) is 0 Å². The minimum atomic E-state index is -4.95. The molecule has 0 aliphatic heterocycles. The monoisotopic (exact) mass is 1410 g/mol. The van der Waals surface area contributed by atoms with Gasteiger partial charge in [-0.05, 0) is 25.7 Å². The number of phosphoric ester groups is 2. The van der Waals surface area contributed by atoms with Crippen molar-refractivity contribution < 1.29 is 80.2 Å². The Morgan fingerprint density at radius 3 is 0.615 bits per heavy atom. The largest absolute Gasteiger partial charge is 0.472 e. The maximum Gasteiger partial charge on any atom is 0.472 e. The molecule has 0 aromatic rings. The fourth-order valence-electron chi connectivity index (χ4n) is 11.9.